The van der Waals surface area contributed by atoms with Crippen LogP contribution in [0.3, 0.4) is 0 Å². The molecule has 0 heterocycles. The van der Waals surface area contributed by atoms with Gasteiger partial charge in [-0.05, 0) is 6.92 Å². The third-order valence-electron chi connectivity index (χ3n) is 0.814. The van der Waals surface area contributed by atoms with Crippen LogP contribution in [-0.2, 0) is 0 Å². The van der Waals surface area contributed by atoms with E-state index in [0.29, 0.717) is 11.4 Å². The average Bonchev–Trinajstić information content (AvgIpc) is 1.64. The van der Waals surface area contributed by atoms with Gasteiger partial charge in [0.05, 0.1) is 11.9 Å². The summed E-state index contributed by atoms with van der Waals surface area (Å²) in [6, 6.07) is 0. The lowest BCUT2D eigenvalue weighted by Gasteiger charge is -2.05. The molecular weight excluding hydrogens is 104 g/mol. The smallest absolute Gasteiger partial charge is 0.0949 e. The van der Waals surface area contributed by atoms with Gasteiger partial charge in [-0.3, -0.25) is 0 Å². The fraction of sp³-hybridized carbons (Fsp3) is 0.500. The Kier molecular flexibility index (Phi) is 2.30. The summed E-state index contributed by atoms with van der Waals surface area (Å²) in [7, 11) is 0. The van der Waals surface area contributed by atoms with Crippen molar-refractivity contribution in [2.75, 3.05) is 0 Å². The Morgan fingerprint density at radius 2 is 1.62 bits per heavy atom. The fourth-order valence-corrected chi connectivity index (χ4v) is 0.263. The summed E-state index contributed by atoms with van der Waals surface area (Å²) < 4.78 is 0. The van der Waals surface area contributed by atoms with E-state index >= 15 is 0 Å². The standard InChI is InChI=1S/C4H12N4/c1-2(5)3(6)4(7)8/h4H,5-8H2,1H3/b3-2-. The predicted octanol–water partition coefficient (Wildman–Crippen LogP) is -1.62. The highest BCUT2D eigenvalue weighted by atomic mass is 14.9. The lowest BCUT2D eigenvalue weighted by Crippen LogP contribution is -2.37. The van der Waals surface area contributed by atoms with Crippen LogP contribution in [0.5, 0.6) is 0 Å². The summed E-state index contributed by atoms with van der Waals surface area (Å²) in [5.41, 5.74) is 21.6. The normalized spacial score (nSPS) is 14.0. The van der Waals surface area contributed by atoms with Gasteiger partial charge in [-0.1, -0.05) is 0 Å². The Labute approximate surface area is 48.5 Å². The van der Waals surface area contributed by atoms with Crippen molar-refractivity contribution in [3.05, 3.63) is 11.4 Å². The average molecular weight is 116 g/mol. The van der Waals surface area contributed by atoms with Crippen molar-refractivity contribution in [2.45, 2.75) is 13.1 Å². The van der Waals surface area contributed by atoms with Crippen LogP contribution in [0.4, 0.5) is 0 Å². The molecule has 0 saturated carbocycles. The quantitative estimate of drug-likeness (QED) is 0.309. The van der Waals surface area contributed by atoms with Gasteiger partial charge in [0.15, 0.2) is 0 Å². The second-order valence-corrected chi connectivity index (χ2v) is 1.66. The topological polar surface area (TPSA) is 104 Å². The van der Waals surface area contributed by atoms with Gasteiger partial charge >= 0.3 is 0 Å². The van der Waals surface area contributed by atoms with Crippen molar-refractivity contribution in [3.63, 3.8) is 0 Å². The maximum Gasteiger partial charge on any atom is 0.0949 e. The molecule has 0 amide bonds. The molecule has 0 unspecified atom stereocenters. The molecule has 8 N–H and O–H groups in total. The van der Waals surface area contributed by atoms with Crippen molar-refractivity contribution in [1.82, 2.24) is 0 Å². The van der Waals surface area contributed by atoms with Crippen molar-refractivity contribution in [2.24, 2.45) is 22.9 Å². The molecule has 0 fully saturated rings. The molecule has 0 spiro atoms. The van der Waals surface area contributed by atoms with Crippen LogP contribution in [0, 0.1) is 0 Å². The number of allylic oxidation sites excluding steroid dienone is 1. The highest BCUT2D eigenvalue weighted by Crippen LogP contribution is 1.87. The molecule has 48 valence electrons. The molecule has 0 radical (unpaired) electrons. The third-order valence-corrected chi connectivity index (χ3v) is 0.814. The lowest BCUT2D eigenvalue weighted by molar-refractivity contribution is 0.789. The molecule has 0 aliphatic rings. The molecule has 0 bridgehead atoms. The second-order valence-electron chi connectivity index (χ2n) is 1.66. The minimum absolute atomic E-state index is 0.352. The number of nitrogens with two attached hydrogens (primary N) is 4. The first kappa shape index (κ1) is 7.26. The van der Waals surface area contributed by atoms with E-state index < -0.39 is 6.17 Å². The first-order valence-electron chi connectivity index (χ1n) is 2.28. The van der Waals surface area contributed by atoms with E-state index in [9.17, 15) is 0 Å². The number of hydrogen-bond acceptors (Lipinski definition) is 4. The minimum Gasteiger partial charge on any atom is -0.401 e. The second kappa shape index (κ2) is 2.54. The molecule has 0 rings (SSSR count). The first-order valence-corrected chi connectivity index (χ1v) is 2.28. The van der Waals surface area contributed by atoms with Gasteiger partial charge in [0, 0.05) is 5.70 Å². The Hall–Kier alpha value is -0.740. The van der Waals surface area contributed by atoms with Crippen LogP contribution >= 0.6 is 0 Å². The van der Waals surface area contributed by atoms with Crippen molar-refractivity contribution in [1.29, 1.82) is 0 Å². The predicted molar refractivity (Wildman–Crippen MR) is 33.2 cm³/mol. The summed E-state index contributed by atoms with van der Waals surface area (Å²) in [6.45, 7) is 1.65. The molecule has 4 heteroatoms. The van der Waals surface area contributed by atoms with E-state index in [1.165, 1.54) is 0 Å². The monoisotopic (exact) mass is 116 g/mol. The molecule has 0 atom stereocenters. The van der Waals surface area contributed by atoms with Gasteiger partial charge in [-0.15, -0.1) is 0 Å². The van der Waals surface area contributed by atoms with E-state index in [0.717, 1.165) is 0 Å². The highest BCUT2D eigenvalue weighted by Gasteiger charge is 1.97. The van der Waals surface area contributed by atoms with Crippen molar-refractivity contribution in [3.8, 4) is 0 Å². The zero-order chi connectivity index (χ0) is 6.73. The van der Waals surface area contributed by atoms with Gasteiger partial charge in [0.2, 0.25) is 0 Å². The lowest BCUT2D eigenvalue weighted by atomic mass is 10.3. The summed E-state index contributed by atoms with van der Waals surface area (Å²) in [5, 5.41) is 0. The SMILES string of the molecule is C/C(N)=C(/N)C(N)N. The van der Waals surface area contributed by atoms with E-state index in [1.807, 2.05) is 0 Å². The highest BCUT2D eigenvalue weighted by molar-refractivity contribution is 5.08. The molecule has 0 aliphatic heterocycles. The summed E-state index contributed by atoms with van der Waals surface area (Å²) in [6.07, 6.45) is -0.625. The molecule has 4 nitrogen and oxygen atoms in total. The van der Waals surface area contributed by atoms with Gasteiger partial charge in [0.25, 0.3) is 0 Å². The Bertz CT molecular complexity index is 101. The molecule has 0 aromatic rings. The van der Waals surface area contributed by atoms with Crippen LogP contribution in [0.15, 0.2) is 11.4 Å². The zero-order valence-corrected chi connectivity index (χ0v) is 4.89. The van der Waals surface area contributed by atoms with E-state index in [1.54, 1.807) is 6.92 Å². The van der Waals surface area contributed by atoms with Gasteiger partial charge in [-0.25, -0.2) is 0 Å². The maximum absolute atomic E-state index is 5.26. The van der Waals surface area contributed by atoms with Crippen molar-refractivity contribution >= 4 is 0 Å². The number of rotatable bonds is 1. The van der Waals surface area contributed by atoms with Crippen LogP contribution in [0.25, 0.3) is 0 Å². The molecule has 8 heavy (non-hydrogen) atoms. The molecule has 0 aromatic carbocycles. The summed E-state index contributed by atoms with van der Waals surface area (Å²) in [5.74, 6) is 0. The van der Waals surface area contributed by atoms with Gasteiger partial charge < -0.3 is 22.9 Å². The van der Waals surface area contributed by atoms with E-state index in [2.05, 4.69) is 0 Å². The molecular formula is C4H12N4. The zero-order valence-electron chi connectivity index (χ0n) is 4.89. The number of hydrogen-bond donors (Lipinski definition) is 4. The largest absolute Gasteiger partial charge is 0.401 e. The molecule has 0 aliphatic carbocycles. The molecule has 0 aromatic heterocycles. The summed E-state index contributed by atoms with van der Waals surface area (Å²) >= 11 is 0. The Morgan fingerprint density at radius 1 is 1.25 bits per heavy atom. The van der Waals surface area contributed by atoms with Crippen LogP contribution < -0.4 is 22.9 Å². The van der Waals surface area contributed by atoms with E-state index in [-0.39, 0.29) is 0 Å². The van der Waals surface area contributed by atoms with E-state index in [4.69, 9.17) is 22.9 Å². The third kappa shape index (κ3) is 1.81. The summed E-state index contributed by atoms with van der Waals surface area (Å²) in [4.78, 5) is 0. The minimum atomic E-state index is -0.625. The Balaban J connectivity index is 4.00. The Morgan fingerprint density at radius 3 is 1.62 bits per heavy atom. The van der Waals surface area contributed by atoms with Crippen molar-refractivity contribution < 1.29 is 0 Å². The molecule has 0 saturated heterocycles. The first-order chi connectivity index (χ1) is 3.55. The van der Waals surface area contributed by atoms with Crippen LogP contribution in [-0.4, -0.2) is 6.17 Å². The maximum atomic E-state index is 5.26. The fourth-order valence-electron chi connectivity index (χ4n) is 0.263. The van der Waals surface area contributed by atoms with Crippen LogP contribution in [0.1, 0.15) is 6.92 Å². The van der Waals surface area contributed by atoms with Gasteiger partial charge in [-0.2, -0.15) is 0 Å². The van der Waals surface area contributed by atoms with Crippen LogP contribution in [0.2, 0.25) is 0 Å². The van der Waals surface area contributed by atoms with Gasteiger partial charge in [0.1, 0.15) is 0 Å².